The quantitative estimate of drug-likeness (QED) is 0.783. The second-order valence-corrected chi connectivity index (χ2v) is 3.53. The van der Waals surface area contributed by atoms with Crippen LogP contribution in [0.25, 0.3) is 0 Å². The molecule has 4 nitrogen and oxygen atoms in total. The molecule has 0 bridgehead atoms. The lowest BCUT2D eigenvalue weighted by atomic mass is 10.3. The minimum absolute atomic E-state index is 0.308. The summed E-state index contributed by atoms with van der Waals surface area (Å²) in [6.45, 7) is 0. The highest BCUT2D eigenvalue weighted by Crippen LogP contribution is 2.23. The minimum Gasteiger partial charge on any atom is -0.497 e. The van der Waals surface area contributed by atoms with Gasteiger partial charge < -0.3 is 9.47 Å². The van der Waals surface area contributed by atoms with Crippen LogP contribution in [0.15, 0.2) is 36.7 Å². The predicted molar refractivity (Wildman–Crippen MR) is 64.7 cm³/mol. The van der Waals surface area contributed by atoms with Crippen molar-refractivity contribution in [1.29, 1.82) is 0 Å². The SMILES string of the molecule is COc1cccc(Oc2cncc(CCl)n2)c1. The number of rotatable bonds is 4. The molecule has 2 rings (SSSR count). The van der Waals surface area contributed by atoms with Crippen molar-refractivity contribution in [3.05, 3.63) is 42.4 Å². The summed E-state index contributed by atoms with van der Waals surface area (Å²) in [6, 6.07) is 7.27. The standard InChI is InChI=1S/C12H11ClN2O2/c1-16-10-3-2-4-11(5-10)17-12-8-14-7-9(6-13)15-12/h2-5,7-8H,6H2,1H3. The Hall–Kier alpha value is -1.81. The Balaban J connectivity index is 2.18. The maximum absolute atomic E-state index is 5.67. The van der Waals surface area contributed by atoms with Gasteiger partial charge in [-0.2, -0.15) is 0 Å². The molecule has 0 N–H and O–H groups in total. The van der Waals surface area contributed by atoms with Crippen LogP contribution in [0.5, 0.6) is 17.4 Å². The molecule has 0 aliphatic heterocycles. The summed E-state index contributed by atoms with van der Waals surface area (Å²) in [5.41, 5.74) is 0.673. The molecule has 1 aromatic carbocycles. The fourth-order valence-corrected chi connectivity index (χ4v) is 1.41. The zero-order chi connectivity index (χ0) is 12.1. The Kier molecular flexibility index (Phi) is 3.77. The van der Waals surface area contributed by atoms with Crippen LogP contribution in [0.1, 0.15) is 5.69 Å². The molecule has 0 radical (unpaired) electrons. The molecule has 0 saturated carbocycles. The van der Waals surface area contributed by atoms with Gasteiger partial charge in [-0.3, -0.25) is 4.98 Å². The van der Waals surface area contributed by atoms with Gasteiger partial charge in [0.2, 0.25) is 5.88 Å². The van der Waals surface area contributed by atoms with Crippen molar-refractivity contribution in [3.8, 4) is 17.4 Å². The number of hydrogen-bond acceptors (Lipinski definition) is 4. The number of hydrogen-bond donors (Lipinski definition) is 0. The first kappa shape index (κ1) is 11.7. The first-order valence-electron chi connectivity index (χ1n) is 5.00. The fourth-order valence-electron chi connectivity index (χ4n) is 1.29. The van der Waals surface area contributed by atoms with Crippen molar-refractivity contribution in [2.75, 3.05) is 7.11 Å². The summed E-state index contributed by atoms with van der Waals surface area (Å²) in [4.78, 5) is 8.18. The molecule has 0 unspecified atom stereocenters. The third-order valence-corrected chi connectivity index (χ3v) is 2.34. The molecule has 5 heteroatoms. The molecule has 0 aliphatic rings. The highest BCUT2D eigenvalue weighted by atomic mass is 35.5. The minimum atomic E-state index is 0.308. The van der Waals surface area contributed by atoms with Crippen LogP contribution in [0.4, 0.5) is 0 Å². The third kappa shape index (κ3) is 3.07. The number of aromatic nitrogens is 2. The first-order valence-corrected chi connectivity index (χ1v) is 5.54. The molecular formula is C12H11ClN2O2. The van der Waals surface area contributed by atoms with E-state index in [1.807, 2.05) is 18.2 Å². The largest absolute Gasteiger partial charge is 0.497 e. The topological polar surface area (TPSA) is 44.2 Å². The number of nitrogens with zero attached hydrogens (tertiary/aromatic N) is 2. The van der Waals surface area contributed by atoms with E-state index in [2.05, 4.69) is 9.97 Å². The summed E-state index contributed by atoms with van der Waals surface area (Å²) >= 11 is 5.67. The van der Waals surface area contributed by atoms with Gasteiger partial charge in [0.15, 0.2) is 0 Å². The Morgan fingerprint density at radius 2 is 2.06 bits per heavy atom. The molecule has 2 aromatic rings. The lowest BCUT2D eigenvalue weighted by Crippen LogP contribution is -1.93. The van der Waals surface area contributed by atoms with Crippen LogP contribution in [-0.2, 0) is 5.88 Å². The molecule has 0 spiro atoms. The highest BCUT2D eigenvalue weighted by Gasteiger charge is 2.02. The van der Waals surface area contributed by atoms with Crippen LogP contribution in [0, 0.1) is 0 Å². The van der Waals surface area contributed by atoms with E-state index in [-0.39, 0.29) is 0 Å². The second-order valence-electron chi connectivity index (χ2n) is 3.26. The third-order valence-electron chi connectivity index (χ3n) is 2.06. The monoisotopic (exact) mass is 250 g/mol. The number of ether oxygens (including phenoxy) is 2. The molecule has 1 heterocycles. The van der Waals surface area contributed by atoms with Crippen molar-refractivity contribution in [2.24, 2.45) is 0 Å². The van der Waals surface area contributed by atoms with Crippen LogP contribution < -0.4 is 9.47 Å². The second kappa shape index (κ2) is 5.50. The van der Waals surface area contributed by atoms with E-state index in [1.165, 1.54) is 6.20 Å². The number of halogens is 1. The van der Waals surface area contributed by atoms with Gasteiger partial charge in [-0.1, -0.05) is 6.07 Å². The van der Waals surface area contributed by atoms with Crippen molar-refractivity contribution < 1.29 is 9.47 Å². The molecular weight excluding hydrogens is 240 g/mol. The normalized spacial score (nSPS) is 10.0. The maximum Gasteiger partial charge on any atom is 0.238 e. The Labute approximate surface area is 104 Å². The summed E-state index contributed by atoms with van der Waals surface area (Å²) in [5.74, 6) is 2.09. The van der Waals surface area contributed by atoms with Gasteiger partial charge in [-0.05, 0) is 12.1 Å². The van der Waals surface area contributed by atoms with Crippen molar-refractivity contribution in [1.82, 2.24) is 9.97 Å². The average Bonchev–Trinajstić information content (AvgIpc) is 2.39. The first-order chi connectivity index (χ1) is 8.31. The lowest BCUT2D eigenvalue weighted by Gasteiger charge is -2.06. The van der Waals surface area contributed by atoms with E-state index < -0.39 is 0 Å². The van der Waals surface area contributed by atoms with E-state index in [9.17, 15) is 0 Å². The lowest BCUT2D eigenvalue weighted by molar-refractivity contribution is 0.407. The van der Waals surface area contributed by atoms with Gasteiger partial charge in [0.25, 0.3) is 0 Å². The van der Waals surface area contributed by atoms with E-state index in [0.717, 1.165) is 5.75 Å². The summed E-state index contributed by atoms with van der Waals surface area (Å²) in [5, 5.41) is 0. The van der Waals surface area contributed by atoms with Crippen LogP contribution >= 0.6 is 11.6 Å². The molecule has 17 heavy (non-hydrogen) atoms. The number of benzene rings is 1. The van der Waals surface area contributed by atoms with Crippen molar-refractivity contribution >= 4 is 11.6 Å². The Bertz CT molecular complexity index is 460. The van der Waals surface area contributed by atoms with Gasteiger partial charge in [0.05, 0.1) is 24.9 Å². The predicted octanol–water partition coefficient (Wildman–Crippen LogP) is 3.02. The zero-order valence-electron chi connectivity index (χ0n) is 9.26. The van der Waals surface area contributed by atoms with Gasteiger partial charge in [0.1, 0.15) is 11.5 Å². The smallest absolute Gasteiger partial charge is 0.238 e. The molecule has 0 aliphatic carbocycles. The summed E-state index contributed by atoms with van der Waals surface area (Å²) < 4.78 is 10.7. The van der Waals surface area contributed by atoms with Gasteiger partial charge >= 0.3 is 0 Å². The molecule has 0 saturated heterocycles. The zero-order valence-corrected chi connectivity index (χ0v) is 10.0. The van der Waals surface area contributed by atoms with E-state index in [1.54, 1.807) is 19.4 Å². The summed E-state index contributed by atoms with van der Waals surface area (Å²) in [7, 11) is 1.60. The Morgan fingerprint density at radius 3 is 2.82 bits per heavy atom. The highest BCUT2D eigenvalue weighted by molar-refractivity contribution is 6.16. The van der Waals surface area contributed by atoms with E-state index in [4.69, 9.17) is 21.1 Å². The number of alkyl halides is 1. The molecule has 0 fully saturated rings. The van der Waals surface area contributed by atoms with Crippen LogP contribution in [-0.4, -0.2) is 17.1 Å². The fraction of sp³-hybridized carbons (Fsp3) is 0.167. The van der Waals surface area contributed by atoms with Crippen molar-refractivity contribution in [2.45, 2.75) is 5.88 Å². The maximum atomic E-state index is 5.67. The van der Waals surface area contributed by atoms with Gasteiger partial charge in [-0.15, -0.1) is 11.6 Å². The summed E-state index contributed by atoms with van der Waals surface area (Å²) in [6.07, 6.45) is 3.14. The van der Waals surface area contributed by atoms with Gasteiger partial charge in [0, 0.05) is 12.3 Å². The van der Waals surface area contributed by atoms with Crippen molar-refractivity contribution in [3.63, 3.8) is 0 Å². The molecule has 0 atom stereocenters. The van der Waals surface area contributed by atoms with Crippen LogP contribution in [0.2, 0.25) is 0 Å². The van der Waals surface area contributed by atoms with Gasteiger partial charge in [-0.25, -0.2) is 4.98 Å². The number of methoxy groups -OCH3 is 1. The van der Waals surface area contributed by atoms with Crippen LogP contribution in [0.3, 0.4) is 0 Å². The average molecular weight is 251 g/mol. The molecule has 1 aromatic heterocycles. The Morgan fingerprint density at radius 1 is 1.24 bits per heavy atom. The molecule has 88 valence electrons. The van der Waals surface area contributed by atoms with E-state index >= 15 is 0 Å². The molecule has 0 amide bonds. The van der Waals surface area contributed by atoms with E-state index in [0.29, 0.717) is 23.2 Å².